The molecule has 0 aromatic rings. The Labute approximate surface area is 748 Å². The van der Waals surface area contributed by atoms with E-state index in [1.807, 2.05) is 0 Å². The van der Waals surface area contributed by atoms with Crippen molar-refractivity contribution in [1.29, 1.82) is 0 Å². The van der Waals surface area contributed by atoms with Crippen LogP contribution in [-0.4, -0.2) is 206 Å². The van der Waals surface area contributed by atoms with Crippen LogP contribution < -0.4 is 0 Å². The lowest BCUT2D eigenvalue weighted by Gasteiger charge is -2.64. The molecule has 0 radical (unpaired) electrons. The molecule has 45 heteroatoms. The van der Waals surface area contributed by atoms with Crippen molar-refractivity contribution in [2.24, 2.45) is 82.9 Å². The molecule has 4 unspecified atom stereocenters. The first-order chi connectivity index (χ1) is 55.1. The Morgan fingerprint density at radius 1 is 0.225 bits per heavy atom. The summed E-state index contributed by atoms with van der Waals surface area (Å²) in [7, 11) is -74.1. The summed E-state index contributed by atoms with van der Waals surface area (Å²) in [6.45, 7) is 76.9. The molecule has 0 aromatic heterocycles. The van der Waals surface area contributed by atoms with Gasteiger partial charge in [0.2, 0.25) is 0 Å². The van der Waals surface area contributed by atoms with Gasteiger partial charge in [0.15, 0.2) is 25.0 Å². The Balaban J connectivity index is 1.49. The Morgan fingerprint density at radius 2 is 0.417 bits per heavy atom. The number of aliphatic hydroxyl groups is 2. The van der Waals surface area contributed by atoms with Gasteiger partial charge in [0, 0.05) is 97.5 Å². The van der Waals surface area contributed by atoms with E-state index in [4.69, 9.17) is 104 Å². The normalized spacial score (nSPS) is 36.5. The first-order valence-corrected chi connectivity index (χ1v) is 85.6. The van der Waals surface area contributed by atoms with Gasteiger partial charge < -0.3 is 114 Å². The van der Waals surface area contributed by atoms with Crippen molar-refractivity contribution >= 4 is 157 Å². The molecular weight excluding hydrogens is 1840 g/mol. The molecule has 9 aliphatic rings. The third-order valence-corrected chi connectivity index (χ3v) is 111. The minimum atomic E-state index is -4.63. The highest BCUT2D eigenvalue weighted by atomic mass is 28.6. The zero-order valence-electron chi connectivity index (χ0n) is 81.3. The molecule has 0 aliphatic carbocycles. The molecule has 9 rings (SSSR count). The topological polar surface area (TPSA) is 271 Å². The Bertz CT molecular complexity index is 2960. The van der Waals surface area contributed by atoms with Crippen LogP contribution in [0.25, 0.3) is 0 Å². The van der Waals surface area contributed by atoms with Gasteiger partial charge in [-0.3, -0.25) is 0 Å². The monoisotopic (exact) mass is 2010 g/mol. The van der Waals surface area contributed by atoms with Crippen LogP contribution in [-0.2, 0) is 104 Å². The molecule has 12 bridgehead atoms. The molecule has 9 fully saturated rings. The second-order valence-corrected chi connectivity index (χ2v) is 104. The molecular formula is C75H172O27Si18. The van der Waals surface area contributed by atoms with Crippen LogP contribution in [0.3, 0.4) is 0 Å². The second kappa shape index (κ2) is 42.4. The summed E-state index contributed by atoms with van der Waals surface area (Å²) >= 11 is 0. The lowest BCUT2D eigenvalue weighted by molar-refractivity contribution is -0.0344. The number of aliphatic hydroxyl groups excluding tert-OH is 2. The van der Waals surface area contributed by atoms with E-state index in [9.17, 15) is 10.2 Å². The average molecular weight is 2010 g/mol. The second-order valence-electron chi connectivity index (χ2n) is 44.3. The van der Waals surface area contributed by atoms with Crippen LogP contribution >= 0.6 is 0 Å². The highest BCUT2D eigenvalue weighted by molar-refractivity contribution is 7.06. The largest absolute Gasteiger partial charge is 0.479 e. The minimum Gasteiger partial charge on any atom is -0.417 e. The number of rotatable bonds is 49. The van der Waals surface area contributed by atoms with Crippen LogP contribution in [0.1, 0.15) is 207 Å². The van der Waals surface area contributed by atoms with Crippen molar-refractivity contribution in [2.75, 3.05) is 39.6 Å². The third kappa shape index (κ3) is 30.2. The van der Waals surface area contributed by atoms with Crippen molar-refractivity contribution in [1.82, 2.24) is 0 Å². The zero-order chi connectivity index (χ0) is 89.9. The summed E-state index contributed by atoms with van der Waals surface area (Å²) in [6, 6.07) is 7.60. The highest BCUT2D eigenvalue weighted by Gasteiger charge is 2.85. The van der Waals surface area contributed by atoms with Crippen LogP contribution in [0.5, 0.6) is 0 Å². The average Bonchev–Trinajstić information content (AvgIpc) is 0.686. The zero-order valence-corrected chi connectivity index (χ0v) is 99.3. The van der Waals surface area contributed by atoms with Gasteiger partial charge in [-0.2, -0.15) is 0 Å². The molecule has 0 amide bonds. The van der Waals surface area contributed by atoms with Crippen molar-refractivity contribution in [3.63, 3.8) is 0 Å². The third-order valence-electron chi connectivity index (χ3n) is 21.2. The summed E-state index contributed by atoms with van der Waals surface area (Å²) in [5, 5.41) is 19.7. The summed E-state index contributed by atoms with van der Waals surface area (Å²) in [5.41, 5.74) is 0.385. The first-order valence-electron chi connectivity index (χ1n) is 46.6. The molecule has 9 heterocycles. The van der Waals surface area contributed by atoms with Gasteiger partial charge >= 0.3 is 132 Å². The van der Waals surface area contributed by atoms with Gasteiger partial charge in [-0.05, 0) is 165 Å². The lowest BCUT2D eigenvalue weighted by Crippen LogP contribution is -2.88. The van der Waals surface area contributed by atoms with E-state index in [0.29, 0.717) is 134 Å². The van der Waals surface area contributed by atoms with E-state index in [2.05, 4.69) is 233 Å². The fraction of sp³-hybridized carbons (Fsp3) is 1.00. The van der Waals surface area contributed by atoms with Gasteiger partial charge in [0.25, 0.3) is 0 Å². The van der Waals surface area contributed by atoms with Crippen molar-refractivity contribution in [3.05, 3.63) is 0 Å². The fourth-order valence-electron chi connectivity index (χ4n) is 18.9. The smallest absolute Gasteiger partial charge is 0.417 e. The molecule has 0 spiro atoms. The number of hydrogen-bond donors (Lipinski definition) is 2. The molecule has 2 N–H and O–H groups in total. The van der Waals surface area contributed by atoms with E-state index in [0.717, 1.165) is 0 Å². The SMILES string of the molecule is CC(C)C[Si]12C[Si]3(CC(C)C)O[Si](CC(C)C)(O[Si](CC(C)C)(O[Si](C)(C)CCCOCCO)O1)O[Si](CC(C)C)(O[Si](C)(C)CC[Si]14O[Si]5(CC(C)C)O[Si]6(CC(C)C)O[Si](CC(C)C)(O1)O[Si]1(CC(C)C)O[Si](CC(C)C)(O4)O[Si](CC(C)C)(O5)O[Si](CC(C)C)(O6)O1)O[Si](CC(C)C)(O3)O[Si](CC(C)C)(O[Si](C)(C)CCCOCCO)O2. The molecule has 27 nitrogen and oxygen atoms in total. The van der Waals surface area contributed by atoms with Gasteiger partial charge in [-0.15, -0.1) is 0 Å². The maximum absolute atomic E-state index is 9.87. The van der Waals surface area contributed by atoms with E-state index in [1.54, 1.807) is 0 Å². The van der Waals surface area contributed by atoms with Crippen LogP contribution in [0.15, 0.2) is 0 Å². The molecule has 0 aromatic carbocycles. The van der Waals surface area contributed by atoms with Gasteiger partial charge in [-0.25, -0.2) is 0 Å². The van der Waals surface area contributed by atoms with Gasteiger partial charge in [-0.1, -0.05) is 194 Å². The Kier molecular flexibility index (Phi) is 38.2. The standard InChI is InChI=1S/C75H172O27Si18/c1-62(2)47-106-61-107(48-63(3)4)85-112(52-67(11)12,90-109(83-106,49-64(5)6)80-103(29,30)43-35-39-78-41-37-76)92-111(51-66(9)10,93-113(86-107,53-68(13)14)91-110(84-106,50-65(7)8)81-104(31,32)44-36-40-79-42-38-77)82-105(33,34)45-46-108-87-114(54-69(15)16)94-117(57-72(21)22)96-115(88-108,55-70(17)18)98-119(59-74(25)26)99-116(89-108,56-71(19)20)97-118(95-114,58-73(23)24)101-120(100-117,102-119)60-75(27)28/h62-77H,35-61H2,1-34H3. The van der Waals surface area contributed by atoms with E-state index in [1.165, 1.54) is 0 Å². The molecule has 0 saturated carbocycles. The number of ether oxygens (including phenoxy) is 2. The van der Waals surface area contributed by atoms with Crippen LogP contribution in [0.2, 0.25) is 154 Å². The maximum Gasteiger partial charge on any atom is 0.479 e. The molecule has 120 heavy (non-hydrogen) atoms. The fourth-order valence-corrected chi connectivity index (χ4v) is 135. The maximum atomic E-state index is 9.87. The summed E-state index contributed by atoms with van der Waals surface area (Å²) in [4.78, 5) is 0. The molecule has 9 aliphatic heterocycles. The molecule has 4 atom stereocenters. The van der Waals surface area contributed by atoms with Crippen molar-refractivity contribution in [2.45, 2.75) is 360 Å². The van der Waals surface area contributed by atoms with Gasteiger partial charge in [0.1, 0.15) is 0 Å². The van der Waals surface area contributed by atoms with E-state index < -0.39 is 157 Å². The highest BCUT2D eigenvalue weighted by Crippen LogP contribution is 2.59. The van der Waals surface area contributed by atoms with Crippen LogP contribution in [0.4, 0.5) is 0 Å². The van der Waals surface area contributed by atoms with Gasteiger partial charge in [0.05, 0.1) is 26.4 Å². The van der Waals surface area contributed by atoms with Crippen LogP contribution in [0, 0.1) is 82.9 Å². The summed E-state index contributed by atoms with van der Waals surface area (Å²) < 4.78 is 207. The van der Waals surface area contributed by atoms with Crippen molar-refractivity contribution < 1.29 is 114 Å². The summed E-state index contributed by atoms with van der Waals surface area (Å²) in [5.74, 6) is -0.211. The lowest BCUT2D eigenvalue weighted by atomic mass is 10.3. The first kappa shape index (κ1) is 108. The predicted octanol–water partition coefficient (Wildman–Crippen LogP) is 19.7. The van der Waals surface area contributed by atoms with Crippen molar-refractivity contribution in [3.8, 4) is 0 Å². The minimum absolute atomic E-state index is 0.00160. The van der Waals surface area contributed by atoms with E-state index in [-0.39, 0.29) is 115 Å². The molecule has 9 saturated heterocycles. The molecule has 706 valence electrons. The number of fused-ring (bicyclic) bond motifs is 3. The summed E-state index contributed by atoms with van der Waals surface area (Å²) in [6.07, 6.45) is 1.41. The quantitative estimate of drug-likeness (QED) is 0.0423. The van der Waals surface area contributed by atoms with E-state index >= 15 is 0 Å². The Morgan fingerprint density at radius 3 is 0.633 bits per heavy atom. The number of hydrogen-bond acceptors (Lipinski definition) is 27. The Hall–Kier alpha value is 2.82. The predicted molar refractivity (Wildman–Crippen MR) is 508 cm³/mol.